The molecule has 3 aromatic rings. The highest BCUT2D eigenvalue weighted by atomic mass is 32.2. The molecular formula is C17H11F6N3O2S. The fraction of sp³-hybridized carbons (Fsp3) is 0.118. The van der Waals surface area contributed by atoms with Gasteiger partial charge in [0.2, 0.25) is 0 Å². The maximum atomic E-state index is 12.9. The second kappa shape index (κ2) is 7.10. The highest BCUT2D eigenvalue weighted by Crippen LogP contribution is 2.38. The molecule has 2 aromatic carbocycles. The Morgan fingerprint density at radius 1 is 0.862 bits per heavy atom. The number of hydrogen-bond acceptors (Lipinski definition) is 3. The van der Waals surface area contributed by atoms with Crippen LogP contribution in [0.1, 0.15) is 11.1 Å². The van der Waals surface area contributed by atoms with Gasteiger partial charge in [-0.25, -0.2) is 13.1 Å². The zero-order valence-corrected chi connectivity index (χ0v) is 15.0. The van der Waals surface area contributed by atoms with Crippen LogP contribution in [0.15, 0.2) is 65.8 Å². The molecule has 1 aromatic heterocycles. The van der Waals surface area contributed by atoms with Crippen molar-refractivity contribution < 1.29 is 34.8 Å². The summed E-state index contributed by atoms with van der Waals surface area (Å²) in [6.45, 7) is 0. The molecule has 0 atom stereocenters. The van der Waals surface area contributed by atoms with Crippen molar-refractivity contribution in [1.29, 1.82) is 0 Å². The molecule has 1 N–H and O–H groups in total. The minimum Gasteiger partial charge on any atom is -0.280 e. The Hall–Kier alpha value is -3.02. The Morgan fingerprint density at radius 3 is 1.86 bits per heavy atom. The molecule has 0 unspecified atom stereocenters. The fourth-order valence-corrected chi connectivity index (χ4v) is 3.47. The van der Waals surface area contributed by atoms with E-state index in [4.69, 9.17) is 0 Å². The summed E-state index contributed by atoms with van der Waals surface area (Å²) in [5.41, 5.74) is -3.60. The molecule has 0 spiro atoms. The predicted octanol–water partition coefficient (Wildman–Crippen LogP) is 4.71. The molecule has 29 heavy (non-hydrogen) atoms. The number of sulfonamides is 1. The first-order valence-electron chi connectivity index (χ1n) is 7.79. The zero-order valence-electron chi connectivity index (χ0n) is 14.2. The van der Waals surface area contributed by atoms with Crippen molar-refractivity contribution in [2.75, 3.05) is 4.72 Å². The van der Waals surface area contributed by atoms with Gasteiger partial charge in [-0.1, -0.05) is 0 Å². The number of nitrogens with zero attached hydrogens (tertiary/aromatic N) is 2. The number of rotatable bonds is 4. The van der Waals surface area contributed by atoms with Gasteiger partial charge in [0, 0.05) is 12.4 Å². The first-order valence-corrected chi connectivity index (χ1v) is 9.27. The molecular weight excluding hydrogens is 424 g/mol. The van der Waals surface area contributed by atoms with E-state index in [9.17, 15) is 34.8 Å². The van der Waals surface area contributed by atoms with E-state index >= 15 is 0 Å². The van der Waals surface area contributed by atoms with Crippen molar-refractivity contribution in [3.05, 3.63) is 72.1 Å². The van der Waals surface area contributed by atoms with Crippen LogP contribution in [0.2, 0.25) is 0 Å². The Morgan fingerprint density at radius 2 is 1.41 bits per heavy atom. The van der Waals surface area contributed by atoms with Crippen LogP contribution in [0.4, 0.5) is 32.0 Å². The summed E-state index contributed by atoms with van der Waals surface area (Å²) in [7, 11) is -4.44. The number of aromatic nitrogens is 2. The van der Waals surface area contributed by atoms with Crippen molar-refractivity contribution in [2.24, 2.45) is 0 Å². The van der Waals surface area contributed by atoms with Crippen LogP contribution < -0.4 is 4.72 Å². The van der Waals surface area contributed by atoms with Crippen LogP contribution in [0.3, 0.4) is 0 Å². The Balaban J connectivity index is 1.95. The lowest BCUT2D eigenvalue weighted by Gasteiger charge is -2.15. The molecule has 154 valence electrons. The summed E-state index contributed by atoms with van der Waals surface area (Å²) in [5.74, 6) is 0. The number of hydrogen-bond donors (Lipinski definition) is 1. The van der Waals surface area contributed by atoms with Gasteiger partial charge in [0.15, 0.2) is 0 Å². The Kier molecular flexibility index (Phi) is 5.07. The second-order valence-electron chi connectivity index (χ2n) is 5.84. The third kappa shape index (κ3) is 4.70. The summed E-state index contributed by atoms with van der Waals surface area (Å²) in [6.07, 6.45) is -7.08. The van der Waals surface area contributed by atoms with Crippen LogP contribution in [0, 0.1) is 0 Å². The molecule has 5 nitrogen and oxygen atoms in total. The van der Waals surface area contributed by atoms with Crippen LogP contribution in [0.25, 0.3) is 5.69 Å². The minimum atomic E-state index is -5.09. The standard InChI is InChI=1S/C17H11F6N3O2S/c18-16(19,20)11-8-12(17(21,22)23)10-13(9-11)25-29(27,28)15-4-2-14(3-5-15)26-7-1-6-24-26/h1-10,25H. The van der Waals surface area contributed by atoms with Crippen LogP contribution in [0.5, 0.6) is 0 Å². The molecule has 0 radical (unpaired) electrons. The van der Waals surface area contributed by atoms with Crippen molar-refractivity contribution in [1.82, 2.24) is 9.78 Å². The van der Waals surface area contributed by atoms with E-state index in [1.807, 2.05) is 0 Å². The van der Waals surface area contributed by atoms with Gasteiger partial charge < -0.3 is 0 Å². The van der Waals surface area contributed by atoms with E-state index in [2.05, 4.69) is 5.10 Å². The molecule has 0 amide bonds. The van der Waals surface area contributed by atoms with Gasteiger partial charge in [0.05, 0.1) is 27.4 Å². The third-order valence-corrected chi connectivity index (χ3v) is 5.15. The van der Waals surface area contributed by atoms with E-state index in [0.717, 1.165) is 12.1 Å². The van der Waals surface area contributed by atoms with Gasteiger partial charge in [-0.15, -0.1) is 0 Å². The van der Waals surface area contributed by atoms with Gasteiger partial charge >= 0.3 is 12.4 Å². The first-order chi connectivity index (χ1) is 13.4. The average Bonchev–Trinajstić information content (AvgIpc) is 3.14. The highest BCUT2D eigenvalue weighted by Gasteiger charge is 2.37. The summed E-state index contributed by atoms with van der Waals surface area (Å²) < 4.78 is 106. The Bertz CT molecular complexity index is 1070. The van der Waals surface area contributed by atoms with Crippen LogP contribution in [-0.4, -0.2) is 18.2 Å². The van der Waals surface area contributed by atoms with Crippen molar-refractivity contribution in [3.63, 3.8) is 0 Å². The molecule has 12 heteroatoms. The van der Waals surface area contributed by atoms with Crippen LogP contribution >= 0.6 is 0 Å². The fourth-order valence-electron chi connectivity index (χ4n) is 2.43. The minimum absolute atomic E-state index is 0.0866. The molecule has 0 aliphatic heterocycles. The molecule has 0 aliphatic rings. The van der Waals surface area contributed by atoms with Gasteiger partial charge in [0.1, 0.15) is 0 Å². The molecule has 0 bridgehead atoms. The van der Waals surface area contributed by atoms with Gasteiger partial charge in [-0.3, -0.25) is 4.72 Å². The second-order valence-corrected chi connectivity index (χ2v) is 7.53. The number of alkyl halides is 6. The Labute approximate surface area is 160 Å². The topological polar surface area (TPSA) is 64.0 Å². The van der Waals surface area contributed by atoms with E-state index in [0.29, 0.717) is 17.8 Å². The van der Waals surface area contributed by atoms with Crippen molar-refractivity contribution in [3.8, 4) is 5.69 Å². The molecule has 3 rings (SSSR count). The molecule has 1 heterocycles. The molecule has 0 aliphatic carbocycles. The lowest BCUT2D eigenvalue weighted by atomic mass is 10.1. The van der Waals surface area contributed by atoms with Gasteiger partial charge in [0.25, 0.3) is 10.0 Å². The maximum absolute atomic E-state index is 12.9. The maximum Gasteiger partial charge on any atom is 0.416 e. The first kappa shape index (κ1) is 20.7. The average molecular weight is 435 g/mol. The van der Waals surface area contributed by atoms with Crippen molar-refractivity contribution >= 4 is 15.7 Å². The lowest BCUT2D eigenvalue weighted by Crippen LogP contribution is -2.16. The van der Waals surface area contributed by atoms with Crippen molar-refractivity contribution in [2.45, 2.75) is 17.2 Å². The molecule has 0 saturated carbocycles. The highest BCUT2D eigenvalue weighted by molar-refractivity contribution is 7.92. The van der Waals surface area contributed by atoms with E-state index < -0.39 is 39.2 Å². The van der Waals surface area contributed by atoms with Gasteiger partial charge in [-0.2, -0.15) is 31.4 Å². The quantitative estimate of drug-likeness (QED) is 0.604. The predicted molar refractivity (Wildman–Crippen MR) is 90.8 cm³/mol. The smallest absolute Gasteiger partial charge is 0.280 e. The normalized spacial score (nSPS) is 12.8. The van der Waals surface area contributed by atoms with E-state index in [1.165, 1.54) is 23.0 Å². The summed E-state index contributed by atoms with van der Waals surface area (Å²) >= 11 is 0. The van der Waals surface area contributed by atoms with Gasteiger partial charge in [-0.05, 0) is 48.5 Å². The molecule has 0 saturated heterocycles. The summed E-state index contributed by atoms with van der Waals surface area (Å²) in [5, 5.41) is 3.95. The summed E-state index contributed by atoms with van der Waals surface area (Å²) in [6, 6.07) is 7.21. The van der Waals surface area contributed by atoms with E-state index in [1.54, 1.807) is 17.0 Å². The van der Waals surface area contributed by atoms with Crippen LogP contribution in [-0.2, 0) is 22.4 Å². The lowest BCUT2D eigenvalue weighted by molar-refractivity contribution is -0.143. The number of benzene rings is 2. The summed E-state index contributed by atoms with van der Waals surface area (Å²) in [4.78, 5) is -0.348. The monoisotopic (exact) mass is 435 g/mol. The third-order valence-electron chi connectivity index (χ3n) is 3.76. The number of halogens is 6. The number of anilines is 1. The zero-order chi connectivity index (χ0) is 21.4. The largest absolute Gasteiger partial charge is 0.416 e. The van der Waals surface area contributed by atoms with E-state index in [-0.39, 0.29) is 11.0 Å². The molecule has 0 fully saturated rings. The number of nitrogens with one attached hydrogen (secondary N) is 1. The SMILES string of the molecule is O=S(=O)(Nc1cc(C(F)(F)F)cc(C(F)(F)F)c1)c1ccc(-n2cccn2)cc1.